The second-order valence-electron chi connectivity index (χ2n) is 5.50. The van der Waals surface area contributed by atoms with Crippen LogP contribution in [0.25, 0.3) is 0 Å². The van der Waals surface area contributed by atoms with E-state index < -0.39 is 5.97 Å². The van der Waals surface area contributed by atoms with Crippen LogP contribution < -0.4 is 5.32 Å². The zero-order valence-corrected chi connectivity index (χ0v) is 12.9. The number of carbonyl (C=O) groups excluding carboxylic acids is 2. The fourth-order valence-corrected chi connectivity index (χ4v) is 2.86. The average Bonchev–Trinajstić information content (AvgIpc) is 3.03. The number of esters is 1. The minimum absolute atomic E-state index is 0.0165. The van der Waals surface area contributed by atoms with Crippen LogP contribution in [0.5, 0.6) is 0 Å². The Hall–Kier alpha value is -2.70. The van der Waals surface area contributed by atoms with Crippen LogP contribution in [-0.4, -0.2) is 34.0 Å². The number of rotatable bonds is 4. The van der Waals surface area contributed by atoms with Crippen molar-refractivity contribution in [3.8, 4) is 0 Å². The SMILES string of the molecule is COC(=O)c1cn(CC(=O)N[C@H]2CCCc3ccccc32)nn1. The Morgan fingerprint density at radius 3 is 3.04 bits per heavy atom. The topological polar surface area (TPSA) is 86.1 Å². The summed E-state index contributed by atoms with van der Waals surface area (Å²) in [4.78, 5) is 23.6. The summed E-state index contributed by atoms with van der Waals surface area (Å²) in [5.41, 5.74) is 2.56. The molecule has 1 amide bonds. The molecule has 1 aromatic carbocycles. The van der Waals surface area contributed by atoms with Crippen LogP contribution in [0.1, 0.15) is 40.5 Å². The van der Waals surface area contributed by atoms with Gasteiger partial charge in [-0.05, 0) is 30.4 Å². The van der Waals surface area contributed by atoms with E-state index >= 15 is 0 Å². The highest BCUT2D eigenvalue weighted by molar-refractivity contribution is 5.86. The van der Waals surface area contributed by atoms with E-state index in [9.17, 15) is 9.59 Å². The van der Waals surface area contributed by atoms with Gasteiger partial charge in [-0.15, -0.1) is 5.10 Å². The molecule has 0 saturated carbocycles. The zero-order chi connectivity index (χ0) is 16.2. The monoisotopic (exact) mass is 314 g/mol. The lowest BCUT2D eigenvalue weighted by Crippen LogP contribution is -2.33. The summed E-state index contributed by atoms with van der Waals surface area (Å²) in [5, 5.41) is 10.5. The average molecular weight is 314 g/mol. The number of hydrogen-bond acceptors (Lipinski definition) is 5. The van der Waals surface area contributed by atoms with Gasteiger partial charge in [-0.3, -0.25) is 4.79 Å². The van der Waals surface area contributed by atoms with Crippen LogP contribution in [-0.2, 0) is 22.5 Å². The van der Waals surface area contributed by atoms with Gasteiger partial charge in [0, 0.05) is 0 Å². The van der Waals surface area contributed by atoms with E-state index in [1.165, 1.54) is 29.1 Å². The van der Waals surface area contributed by atoms with Crippen molar-refractivity contribution in [1.82, 2.24) is 20.3 Å². The molecule has 1 aliphatic carbocycles. The highest BCUT2D eigenvalue weighted by atomic mass is 16.5. The first kappa shape index (κ1) is 15.2. The second-order valence-corrected chi connectivity index (χ2v) is 5.50. The van der Waals surface area contributed by atoms with Crippen molar-refractivity contribution in [3.63, 3.8) is 0 Å². The Kier molecular flexibility index (Phi) is 4.36. The fourth-order valence-electron chi connectivity index (χ4n) is 2.86. The summed E-state index contributed by atoms with van der Waals surface area (Å²) in [6, 6.07) is 8.20. The van der Waals surface area contributed by atoms with E-state index in [2.05, 4.69) is 32.5 Å². The Labute approximate surface area is 133 Å². The van der Waals surface area contributed by atoms with Gasteiger partial charge in [0.1, 0.15) is 6.54 Å². The molecule has 1 aliphatic rings. The Bertz CT molecular complexity index is 726. The van der Waals surface area contributed by atoms with Crippen molar-refractivity contribution in [2.75, 3.05) is 7.11 Å². The maximum Gasteiger partial charge on any atom is 0.360 e. The molecule has 2 aromatic rings. The van der Waals surface area contributed by atoms with Gasteiger partial charge in [0.25, 0.3) is 0 Å². The lowest BCUT2D eigenvalue weighted by Gasteiger charge is -2.26. The van der Waals surface area contributed by atoms with E-state index in [4.69, 9.17) is 0 Å². The minimum atomic E-state index is -0.571. The van der Waals surface area contributed by atoms with Crippen LogP contribution in [0.2, 0.25) is 0 Å². The maximum absolute atomic E-state index is 12.2. The molecule has 0 spiro atoms. The molecule has 0 saturated heterocycles. The number of amides is 1. The second kappa shape index (κ2) is 6.60. The summed E-state index contributed by atoms with van der Waals surface area (Å²) >= 11 is 0. The molecule has 0 aliphatic heterocycles. The van der Waals surface area contributed by atoms with E-state index in [-0.39, 0.29) is 24.2 Å². The number of benzene rings is 1. The van der Waals surface area contributed by atoms with Gasteiger partial charge in [0.15, 0.2) is 5.69 Å². The van der Waals surface area contributed by atoms with E-state index in [1.54, 1.807) is 0 Å². The summed E-state index contributed by atoms with van der Waals surface area (Å²) in [6.45, 7) is 0.0165. The van der Waals surface area contributed by atoms with Gasteiger partial charge in [-0.1, -0.05) is 29.5 Å². The van der Waals surface area contributed by atoms with Crippen LogP contribution >= 0.6 is 0 Å². The largest absolute Gasteiger partial charge is 0.464 e. The molecule has 0 fully saturated rings. The fraction of sp³-hybridized carbons (Fsp3) is 0.375. The van der Waals surface area contributed by atoms with Crippen LogP contribution in [0.4, 0.5) is 0 Å². The molecule has 7 heteroatoms. The molecule has 120 valence electrons. The van der Waals surface area contributed by atoms with Crippen LogP contribution in [0.15, 0.2) is 30.5 Å². The summed E-state index contributed by atoms with van der Waals surface area (Å²) in [5.74, 6) is -0.731. The molecule has 1 heterocycles. The quantitative estimate of drug-likeness (QED) is 0.859. The van der Waals surface area contributed by atoms with Crippen molar-refractivity contribution in [3.05, 3.63) is 47.3 Å². The molecule has 1 aromatic heterocycles. The predicted molar refractivity (Wildman–Crippen MR) is 81.6 cm³/mol. The lowest BCUT2D eigenvalue weighted by atomic mass is 9.88. The number of aromatic nitrogens is 3. The van der Waals surface area contributed by atoms with E-state index in [0.717, 1.165) is 19.3 Å². The number of carbonyl (C=O) groups is 2. The third kappa shape index (κ3) is 3.39. The number of aryl methyl sites for hydroxylation is 1. The van der Waals surface area contributed by atoms with Gasteiger partial charge >= 0.3 is 5.97 Å². The zero-order valence-electron chi connectivity index (χ0n) is 12.9. The highest BCUT2D eigenvalue weighted by Gasteiger charge is 2.21. The lowest BCUT2D eigenvalue weighted by molar-refractivity contribution is -0.122. The molecule has 3 rings (SSSR count). The number of nitrogens with one attached hydrogen (secondary N) is 1. The Morgan fingerprint density at radius 1 is 1.39 bits per heavy atom. The first-order chi connectivity index (χ1) is 11.2. The first-order valence-corrected chi connectivity index (χ1v) is 7.53. The molecule has 1 N–H and O–H groups in total. The summed E-state index contributed by atoms with van der Waals surface area (Å²) in [6.07, 6.45) is 4.43. The van der Waals surface area contributed by atoms with Gasteiger partial charge in [-0.2, -0.15) is 0 Å². The smallest absolute Gasteiger partial charge is 0.360 e. The van der Waals surface area contributed by atoms with Gasteiger partial charge in [0.05, 0.1) is 19.3 Å². The van der Waals surface area contributed by atoms with Gasteiger partial charge in [0.2, 0.25) is 5.91 Å². The molecular formula is C16H18N4O3. The van der Waals surface area contributed by atoms with Crippen molar-refractivity contribution >= 4 is 11.9 Å². The highest BCUT2D eigenvalue weighted by Crippen LogP contribution is 2.29. The molecule has 0 unspecified atom stereocenters. The van der Waals surface area contributed by atoms with Crippen molar-refractivity contribution in [2.24, 2.45) is 0 Å². The van der Waals surface area contributed by atoms with E-state index in [1.807, 2.05) is 12.1 Å². The van der Waals surface area contributed by atoms with Crippen molar-refractivity contribution < 1.29 is 14.3 Å². The molecule has 0 bridgehead atoms. The number of ether oxygens (including phenoxy) is 1. The number of methoxy groups -OCH3 is 1. The maximum atomic E-state index is 12.2. The van der Waals surface area contributed by atoms with Crippen molar-refractivity contribution in [2.45, 2.75) is 31.8 Å². The standard InChI is InChI=1S/C16H18N4O3/c1-23-16(22)14-9-20(19-18-14)10-15(21)17-13-8-4-6-11-5-2-3-7-12(11)13/h2-3,5,7,9,13H,4,6,8,10H2,1H3,(H,17,21)/t13-/m0/s1. The first-order valence-electron chi connectivity index (χ1n) is 7.53. The van der Waals surface area contributed by atoms with Crippen molar-refractivity contribution in [1.29, 1.82) is 0 Å². The third-order valence-electron chi connectivity index (χ3n) is 3.94. The summed E-state index contributed by atoms with van der Waals surface area (Å²) in [7, 11) is 1.27. The number of hydrogen-bond donors (Lipinski definition) is 1. The predicted octanol–water partition coefficient (Wildman–Crippen LogP) is 1.26. The molecular weight excluding hydrogens is 296 g/mol. The number of nitrogens with zero attached hydrogens (tertiary/aromatic N) is 3. The van der Waals surface area contributed by atoms with Gasteiger partial charge < -0.3 is 10.1 Å². The molecule has 1 atom stereocenters. The normalized spacial score (nSPS) is 16.5. The third-order valence-corrected chi connectivity index (χ3v) is 3.94. The number of fused-ring (bicyclic) bond motifs is 1. The summed E-state index contributed by atoms with van der Waals surface area (Å²) < 4.78 is 5.89. The van der Waals surface area contributed by atoms with Gasteiger partial charge in [-0.25, -0.2) is 9.48 Å². The molecule has 23 heavy (non-hydrogen) atoms. The van der Waals surface area contributed by atoms with E-state index in [0.29, 0.717) is 0 Å². The Balaban J connectivity index is 1.64. The molecule has 0 radical (unpaired) electrons. The minimum Gasteiger partial charge on any atom is -0.464 e. The molecule has 7 nitrogen and oxygen atoms in total. The van der Waals surface area contributed by atoms with Crippen LogP contribution in [0.3, 0.4) is 0 Å². The Morgan fingerprint density at radius 2 is 2.22 bits per heavy atom. The van der Waals surface area contributed by atoms with Crippen LogP contribution in [0, 0.1) is 0 Å².